The number of thioether (sulfide) groups is 1. The van der Waals surface area contributed by atoms with Gasteiger partial charge in [-0.15, -0.1) is 0 Å². The molecule has 2 N–H and O–H groups in total. The average molecular weight is 270 g/mol. The second-order valence-electron chi connectivity index (χ2n) is 4.80. The highest BCUT2D eigenvalue weighted by Gasteiger charge is 2.19. The van der Waals surface area contributed by atoms with Crippen molar-refractivity contribution in [3.8, 4) is 0 Å². The summed E-state index contributed by atoms with van der Waals surface area (Å²) in [4.78, 5) is 2.25. The van der Waals surface area contributed by atoms with E-state index in [1.165, 1.54) is 5.75 Å². The Morgan fingerprint density at radius 2 is 2.17 bits per heavy atom. The molecule has 0 aromatic carbocycles. The molecule has 1 heterocycles. The van der Waals surface area contributed by atoms with Gasteiger partial charge in [-0.25, -0.2) is 0 Å². The fraction of sp³-hybridized carbons (Fsp3) is 0.769. The van der Waals surface area contributed by atoms with Crippen LogP contribution in [0, 0.1) is 0 Å². The molecule has 1 rings (SSSR count). The van der Waals surface area contributed by atoms with Gasteiger partial charge in [0.15, 0.2) is 0 Å². The average Bonchev–Trinajstić information content (AvgIpc) is 2.61. The molecule has 0 aliphatic carbocycles. The molecule has 0 bridgehead atoms. The van der Waals surface area contributed by atoms with Crippen molar-refractivity contribution in [3.63, 3.8) is 0 Å². The molecule has 1 atom stereocenters. The van der Waals surface area contributed by atoms with Crippen LogP contribution in [0.15, 0.2) is 0 Å². The Kier molecular flexibility index (Phi) is 5.85. The molecule has 0 aliphatic rings. The van der Waals surface area contributed by atoms with E-state index in [2.05, 4.69) is 37.1 Å². The molecule has 0 radical (unpaired) electrons. The number of hydrogen-bond donors (Lipinski definition) is 1. The van der Waals surface area contributed by atoms with Gasteiger partial charge in [0.2, 0.25) is 0 Å². The minimum Gasteiger partial charge on any atom is -0.394 e. The van der Waals surface area contributed by atoms with E-state index < -0.39 is 0 Å². The number of nitrogen functional groups attached to an aromatic ring is 1. The van der Waals surface area contributed by atoms with Crippen molar-refractivity contribution in [2.45, 2.75) is 39.2 Å². The minimum absolute atomic E-state index is 0.477. The molecule has 1 aromatic rings. The molecule has 0 spiro atoms. The molecule has 104 valence electrons. The van der Waals surface area contributed by atoms with Crippen molar-refractivity contribution in [2.75, 3.05) is 29.7 Å². The molecule has 0 fully saturated rings. The van der Waals surface area contributed by atoms with Crippen molar-refractivity contribution in [2.24, 2.45) is 7.05 Å². The number of aryl methyl sites for hydroxylation is 2. The van der Waals surface area contributed by atoms with Crippen LogP contribution in [0.1, 0.15) is 32.4 Å². The third-order valence-electron chi connectivity index (χ3n) is 3.35. The Labute approximate surface area is 115 Å². The zero-order valence-corrected chi connectivity index (χ0v) is 13.0. The number of rotatable bonds is 7. The standard InChI is InChI=1S/C13H26N4S/c1-6-7-11-12(14)13(17(4)15-11)16(3)10(2)8-9-18-5/h10H,6-9,14H2,1-5H3. The van der Waals surface area contributed by atoms with E-state index in [1.54, 1.807) is 0 Å². The molecular formula is C13H26N4S. The fourth-order valence-corrected chi connectivity index (χ4v) is 2.69. The van der Waals surface area contributed by atoms with Crippen LogP contribution in [0.3, 0.4) is 0 Å². The molecule has 0 saturated heterocycles. The summed E-state index contributed by atoms with van der Waals surface area (Å²) in [6.07, 6.45) is 5.33. The van der Waals surface area contributed by atoms with E-state index in [4.69, 9.17) is 5.73 Å². The maximum Gasteiger partial charge on any atom is 0.150 e. The maximum atomic E-state index is 6.23. The largest absolute Gasteiger partial charge is 0.394 e. The van der Waals surface area contributed by atoms with E-state index in [1.807, 2.05) is 23.5 Å². The van der Waals surface area contributed by atoms with Gasteiger partial charge in [-0.05, 0) is 31.8 Å². The first-order chi connectivity index (χ1) is 8.52. The summed E-state index contributed by atoms with van der Waals surface area (Å²) in [5.41, 5.74) is 8.10. The summed E-state index contributed by atoms with van der Waals surface area (Å²) in [5.74, 6) is 2.22. The molecule has 4 nitrogen and oxygen atoms in total. The van der Waals surface area contributed by atoms with Gasteiger partial charge in [-0.2, -0.15) is 16.9 Å². The van der Waals surface area contributed by atoms with E-state index in [0.717, 1.165) is 36.5 Å². The van der Waals surface area contributed by atoms with Crippen molar-refractivity contribution in [1.29, 1.82) is 0 Å². The maximum absolute atomic E-state index is 6.23. The summed E-state index contributed by atoms with van der Waals surface area (Å²) in [5, 5.41) is 4.53. The normalized spacial score (nSPS) is 12.7. The lowest BCUT2D eigenvalue weighted by atomic mass is 10.2. The molecular weight excluding hydrogens is 244 g/mol. The number of hydrogen-bond acceptors (Lipinski definition) is 4. The van der Waals surface area contributed by atoms with Gasteiger partial charge >= 0.3 is 0 Å². The first-order valence-corrected chi connectivity index (χ1v) is 7.95. The van der Waals surface area contributed by atoms with Crippen molar-refractivity contribution >= 4 is 23.3 Å². The van der Waals surface area contributed by atoms with Crippen molar-refractivity contribution < 1.29 is 0 Å². The lowest BCUT2D eigenvalue weighted by Gasteiger charge is -2.27. The highest BCUT2D eigenvalue weighted by atomic mass is 32.2. The predicted molar refractivity (Wildman–Crippen MR) is 82.5 cm³/mol. The van der Waals surface area contributed by atoms with Crippen LogP contribution in [0.25, 0.3) is 0 Å². The monoisotopic (exact) mass is 270 g/mol. The molecule has 0 saturated carbocycles. The first kappa shape index (κ1) is 15.2. The number of anilines is 2. The second kappa shape index (κ2) is 6.92. The van der Waals surface area contributed by atoms with Gasteiger partial charge in [0, 0.05) is 20.1 Å². The smallest absolute Gasteiger partial charge is 0.150 e. The lowest BCUT2D eigenvalue weighted by Crippen LogP contribution is -2.31. The SMILES string of the molecule is CCCc1nn(C)c(N(C)C(C)CCSC)c1N. The molecule has 1 aromatic heterocycles. The minimum atomic E-state index is 0.477. The van der Waals surface area contributed by atoms with E-state index in [0.29, 0.717) is 6.04 Å². The molecule has 1 unspecified atom stereocenters. The summed E-state index contributed by atoms with van der Waals surface area (Å²) in [6.45, 7) is 4.39. The number of nitrogens with two attached hydrogens (primary N) is 1. The van der Waals surface area contributed by atoms with Gasteiger partial charge in [0.05, 0.1) is 11.4 Å². The fourth-order valence-electron chi connectivity index (χ4n) is 2.12. The molecule has 5 heteroatoms. The van der Waals surface area contributed by atoms with Crippen molar-refractivity contribution in [1.82, 2.24) is 9.78 Å². The van der Waals surface area contributed by atoms with Crippen LogP contribution >= 0.6 is 11.8 Å². The van der Waals surface area contributed by atoms with Crippen molar-refractivity contribution in [3.05, 3.63) is 5.69 Å². The Bertz CT molecular complexity index is 375. The second-order valence-corrected chi connectivity index (χ2v) is 5.78. The lowest BCUT2D eigenvalue weighted by molar-refractivity contribution is 0.632. The summed E-state index contributed by atoms with van der Waals surface area (Å²) < 4.78 is 1.91. The summed E-state index contributed by atoms with van der Waals surface area (Å²) in [6, 6.07) is 0.477. The molecule has 18 heavy (non-hydrogen) atoms. The van der Waals surface area contributed by atoms with Gasteiger partial charge in [-0.1, -0.05) is 13.3 Å². The molecule has 0 amide bonds. The van der Waals surface area contributed by atoms with Crippen LogP contribution in [0.4, 0.5) is 11.5 Å². The van der Waals surface area contributed by atoms with Crippen LogP contribution in [-0.2, 0) is 13.5 Å². The number of aromatic nitrogens is 2. The van der Waals surface area contributed by atoms with Gasteiger partial charge in [0.25, 0.3) is 0 Å². The third kappa shape index (κ3) is 3.34. The summed E-state index contributed by atoms with van der Waals surface area (Å²) >= 11 is 1.88. The van der Waals surface area contributed by atoms with Crippen LogP contribution in [0.5, 0.6) is 0 Å². The van der Waals surface area contributed by atoms with Gasteiger partial charge in [0.1, 0.15) is 5.82 Å². The first-order valence-electron chi connectivity index (χ1n) is 6.56. The van der Waals surface area contributed by atoms with Crippen LogP contribution < -0.4 is 10.6 Å². The Balaban J connectivity index is 2.87. The Hall–Kier alpha value is -0.840. The highest BCUT2D eigenvalue weighted by molar-refractivity contribution is 7.98. The van der Waals surface area contributed by atoms with E-state index in [9.17, 15) is 0 Å². The Morgan fingerprint density at radius 3 is 2.72 bits per heavy atom. The quantitative estimate of drug-likeness (QED) is 0.827. The zero-order valence-electron chi connectivity index (χ0n) is 12.2. The Morgan fingerprint density at radius 1 is 1.50 bits per heavy atom. The summed E-state index contributed by atoms with van der Waals surface area (Å²) in [7, 11) is 4.08. The van der Waals surface area contributed by atoms with Gasteiger partial charge < -0.3 is 10.6 Å². The highest BCUT2D eigenvalue weighted by Crippen LogP contribution is 2.28. The number of nitrogens with zero attached hydrogens (tertiary/aromatic N) is 3. The van der Waals surface area contributed by atoms with E-state index >= 15 is 0 Å². The van der Waals surface area contributed by atoms with Gasteiger partial charge in [-0.3, -0.25) is 4.68 Å². The van der Waals surface area contributed by atoms with E-state index in [-0.39, 0.29) is 0 Å². The molecule has 0 aliphatic heterocycles. The van der Waals surface area contributed by atoms with Crippen LogP contribution in [0.2, 0.25) is 0 Å². The zero-order chi connectivity index (χ0) is 13.7. The van der Waals surface area contributed by atoms with Crippen LogP contribution in [-0.4, -0.2) is 34.9 Å². The third-order valence-corrected chi connectivity index (χ3v) is 3.99. The topological polar surface area (TPSA) is 47.1 Å². The predicted octanol–water partition coefficient (Wildman–Crippen LogP) is 2.53.